The summed E-state index contributed by atoms with van der Waals surface area (Å²) in [5.74, 6) is 2.24. The van der Waals surface area contributed by atoms with E-state index >= 15 is 0 Å². The Bertz CT molecular complexity index is 326. The second-order valence-electron chi connectivity index (χ2n) is 7.00. The van der Waals surface area contributed by atoms with E-state index in [0.29, 0.717) is 31.0 Å². The van der Waals surface area contributed by atoms with E-state index in [1.54, 1.807) is 0 Å². The van der Waals surface area contributed by atoms with E-state index in [1.807, 2.05) is 0 Å². The van der Waals surface area contributed by atoms with Gasteiger partial charge in [-0.15, -0.1) is 0 Å². The molecule has 5 unspecified atom stereocenters. The largest absolute Gasteiger partial charge is 0.371 e. The van der Waals surface area contributed by atoms with Crippen molar-refractivity contribution in [1.82, 2.24) is 0 Å². The van der Waals surface area contributed by atoms with Gasteiger partial charge in [-0.25, -0.2) is 0 Å². The van der Waals surface area contributed by atoms with Gasteiger partial charge in [0.1, 0.15) is 6.10 Å². The Morgan fingerprint density at radius 1 is 1.25 bits per heavy atom. The van der Waals surface area contributed by atoms with Crippen LogP contribution in [0.15, 0.2) is 0 Å². The number of hydrogen-bond acceptors (Lipinski definition) is 3. The summed E-state index contributed by atoms with van der Waals surface area (Å²) in [4.78, 5) is 11.7. The second kappa shape index (κ2) is 7.04. The summed E-state index contributed by atoms with van der Waals surface area (Å²) < 4.78 is 11.9. The molecule has 0 amide bonds. The van der Waals surface area contributed by atoms with Crippen molar-refractivity contribution in [3.05, 3.63) is 0 Å². The Kier molecular flexibility index (Phi) is 5.62. The average molecular weight is 282 g/mol. The van der Waals surface area contributed by atoms with Crippen LogP contribution >= 0.6 is 0 Å². The molecule has 2 saturated carbocycles. The molecule has 0 aromatic heterocycles. The summed E-state index contributed by atoms with van der Waals surface area (Å²) in [7, 11) is 0. The monoisotopic (exact) mass is 282 g/mol. The Morgan fingerprint density at radius 2 is 2.00 bits per heavy atom. The zero-order valence-electron chi connectivity index (χ0n) is 13.4. The smallest absolute Gasteiger partial charge is 0.166 e. The van der Waals surface area contributed by atoms with Crippen molar-refractivity contribution < 1.29 is 14.3 Å². The molecule has 0 radical (unpaired) electrons. The molecule has 0 aromatic carbocycles. The van der Waals surface area contributed by atoms with Crippen molar-refractivity contribution in [3.8, 4) is 0 Å². The van der Waals surface area contributed by atoms with Gasteiger partial charge >= 0.3 is 0 Å². The second-order valence-corrected chi connectivity index (χ2v) is 7.00. The molecule has 2 rings (SSSR count). The standard InChI is InChI=1S/C17H30O3/c1-5-8-19-17-14(18)10-16(17)20-15-9-12(4)6-7-13(15)11(2)3/h11-13,15-17H,5-10H2,1-4H3. The summed E-state index contributed by atoms with van der Waals surface area (Å²) in [6.07, 6.45) is 5.21. The lowest BCUT2D eigenvalue weighted by atomic mass is 9.75. The van der Waals surface area contributed by atoms with Crippen molar-refractivity contribution in [3.63, 3.8) is 0 Å². The molecule has 0 spiro atoms. The molecule has 3 nitrogen and oxygen atoms in total. The first-order valence-corrected chi connectivity index (χ1v) is 8.32. The molecule has 116 valence electrons. The fourth-order valence-electron chi connectivity index (χ4n) is 3.53. The van der Waals surface area contributed by atoms with Gasteiger partial charge in [-0.05, 0) is 37.0 Å². The van der Waals surface area contributed by atoms with E-state index in [9.17, 15) is 4.79 Å². The number of carbonyl (C=O) groups is 1. The highest BCUT2D eigenvalue weighted by Crippen LogP contribution is 2.38. The fourth-order valence-corrected chi connectivity index (χ4v) is 3.53. The van der Waals surface area contributed by atoms with Crippen molar-refractivity contribution in [2.24, 2.45) is 17.8 Å². The van der Waals surface area contributed by atoms with Crippen molar-refractivity contribution in [1.29, 1.82) is 0 Å². The van der Waals surface area contributed by atoms with Gasteiger partial charge in [0.15, 0.2) is 5.78 Å². The zero-order valence-corrected chi connectivity index (χ0v) is 13.4. The Balaban J connectivity index is 1.91. The molecular formula is C17H30O3. The minimum absolute atomic E-state index is 0.00519. The first kappa shape index (κ1) is 16.0. The lowest BCUT2D eigenvalue weighted by Gasteiger charge is -2.43. The molecule has 20 heavy (non-hydrogen) atoms. The normalized spacial score (nSPS) is 38.0. The van der Waals surface area contributed by atoms with Gasteiger partial charge in [0, 0.05) is 13.0 Å². The van der Waals surface area contributed by atoms with Crippen molar-refractivity contribution >= 4 is 5.78 Å². The van der Waals surface area contributed by atoms with Gasteiger partial charge in [0.05, 0.1) is 12.2 Å². The summed E-state index contributed by atoms with van der Waals surface area (Å²) >= 11 is 0. The first-order chi connectivity index (χ1) is 9.52. The highest BCUT2D eigenvalue weighted by molar-refractivity contribution is 5.90. The maximum Gasteiger partial charge on any atom is 0.166 e. The molecule has 0 N–H and O–H groups in total. The Morgan fingerprint density at radius 3 is 2.60 bits per heavy atom. The molecule has 0 heterocycles. The molecule has 2 aliphatic carbocycles. The first-order valence-electron chi connectivity index (χ1n) is 8.32. The van der Waals surface area contributed by atoms with Gasteiger partial charge in [-0.2, -0.15) is 0 Å². The molecular weight excluding hydrogens is 252 g/mol. The van der Waals surface area contributed by atoms with Crippen LogP contribution in [0, 0.1) is 17.8 Å². The van der Waals surface area contributed by atoms with Gasteiger partial charge in [-0.1, -0.05) is 34.1 Å². The number of hydrogen-bond donors (Lipinski definition) is 0. The molecule has 2 fully saturated rings. The molecule has 3 heteroatoms. The molecule has 0 aromatic rings. The maximum atomic E-state index is 11.7. The van der Waals surface area contributed by atoms with Gasteiger partial charge in [-0.3, -0.25) is 4.79 Å². The quantitative estimate of drug-likeness (QED) is 0.746. The topological polar surface area (TPSA) is 35.5 Å². The number of ether oxygens (including phenoxy) is 2. The summed E-state index contributed by atoms with van der Waals surface area (Å²) in [5, 5.41) is 0. The van der Waals surface area contributed by atoms with Crippen LogP contribution in [0.3, 0.4) is 0 Å². The van der Waals surface area contributed by atoms with Crippen LogP contribution < -0.4 is 0 Å². The Labute approximate surface area is 123 Å². The highest BCUT2D eigenvalue weighted by Gasteiger charge is 2.44. The van der Waals surface area contributed by atoms with Crippen LogP contribution in [0.25, 0.3) is 0 Å². The number of rotatable bonds is 6. The predicted octanol–water partition coefficient (Wildman–Crippen LogP) is 3.60. The van der Waals surface area contributed by atoms with E-state index < -0.39 is 0 Å². The number of Topliss-reactive ketones (excluding diaryl/α,β-unsaturated/α-hetero) is 1. The van der Waals surface area contributed by atoms with Crippen molar-refractivity contribution in [2.75, 3.05) is 6.61 Å². The van der Waals surface area contributed by atoms with E-state index in [1.165, 1.54) is 12.8 Å². The fraction of sp³-hybridized carbons (Fsp3) is 0.941. The van der Waals surface area contributed by atoms with Crippen LogP contribution in [0.2, 0.25) is 0 Å². The molecule has 0 saturated heterocycles. The summed E-state index contributed by atoms with van der Waals surface area (Å²) in [6, 6.07) is 0. The predicted molar refractivity (Wildman–Crippen MR) is 79.7 cm³/mol. The van der Waals surface area contributed by atoms with E-state index in [0.717, 1.165) is 18.8 Å². The van der Waals surface area contributed by atoms with E-state index in [2.05, 4.69) is 27.7 Å². The third kappa shape index (κ3) is 3.62. The van der Waals surface area contributed by atoms with Gasteiger partial charge in [0.25, 0.3) is 0 Å². The van der Waals surface area contributed by atoms with E-state index in [4.69, 9.17) is 9.47 Å². The minimum atomic E-state index is -0.292. The zero-order chi connectivity index (χ0) is 14.7. The third-order valence-corrected chi connectivity index (χ3v) is 4.87. The summed E-state index contributed by atoms with van der Waals surface area (Å²) in [6.45, 7) is 9.60. The highest BCUT2D eigenvalue weighted by atomic mass is 16.6. The van der Waals surface area contributed by atoms with Crippen LogP contribution in [0.1, 0.15) is 59.8 Å². The molecule has 0 aliphatic heterocycles. The lowest BCUT2D eigenvalue weighted by molar-refractivity contribution is -0.184. The van der Waals surface area contributed by atoms with Crippen LogP contribution in [0.4, 0.5) is 0 Å². The van der Waals surface area contributed by atoms with Gasteiger partial charge in [0.2, 0.25) is 0 Å². The minimum Gasteiger partial charge on any atom is -0.371 e. The van der Waals surface area contributed by atoms with Gasteiger partial charge < -0.3 is 9.47 Å². The summed E-state index contributed by atoms with van der Waals surface area (Å²) in [5.41, 5.74) is 0. The SMILES string of the molecule is CCCOC1C(=O)CC1OC1CC(C)CCC1C(C)C. The Hall–Kier alpha value is -0.410. The third-order valence-electron chi connectivity index (χ3n) is 4.87. The van der Waals surface area contributed by atoms with Crippen LogP contribution in [-0.4, -0.2) is 30.7 Å². The lowest BCUT2D eigenvalue weighted by Crippen LogP contribution is -2.53. The molecule has 5 atom stereocenters. The van der Waals surface area contributed by atoms with Crippen LogP contribution in [-0.2, 0) is 14.3 Å². The number of carbonyl (C=O) groups excluding carboxylic acids is 1. The molecule has 0 bridgehead atoms. The van der Waals surface area contributed by atoms with E-state index in [-0.39, 0.29) is 18.0 Å². The van der Waals surface area contributed by atoms with Crippen molar-refractivity contribution in [2.45, 2.75) is 78.1 Å². The average Bonchev–Trinajstić information content (AvgIpc) is 2.38. The maximum absolute atomic E-state index is 11.7. The molecule has 2 aliphatic rings. The number of ketones is 1. The van der Waals surface area contributed by atoms with Crippen LogP contribution in [0.5, 0.6) is 0 Å².